The van der Waals surface area contributed by atoms with Crippen LogP contribution in [0.25, 0.3) is 16.5 Å². The summed E-state index contributed by atoms with van der Waals surface area (Å²) in [7, 11) is 1.92. The Balaban J connectivity index is 1.67. The topological polar surface area (TPSA) is 54.9 Å². The molecule has 1 aliphatic rings. The van der Waals surface area contributed by atoms with Gasteiger partial charge in [0.1, 0.15) is 12.0 Å². The van der Waals surface area contributed by atoms with Crippen LogP contribution in [0.2, 0.25) is 0 Å². The van der Waals surface area contributed by atoms with E-state index < -0.39 is 6.17 Å². The zero-order valence-electron chi connectivity index (χ0n) is 13.8. The van der Waals surface area contributed by atoms with Crippen molar-refractivity contribution in [3.05, 3.63) is 58.4 Å². The van der Waals surface area contributed by atoms with Crippen LogP contribution < -0.4 is 5.32 Å². The average Bonchev–Trinajstić information content (AvgIpc) is 3.24. The first-order valence-corrected chi connectivity index (χ1v) is 9.03. The maximum Gasteiger partial charge on any atom is 0.140 e. The molecule has 128 valence electrons. The molecule has 0 aliphatic carbocycles. The number of fused-ring (bicyclic) bond motifs is 1. The van der Waals surface area contributed by atoms with Gasteiger partial charge < -0.3 is 10.3 Å². The minimum absolute atomic E-state index is 0.369. The van der Waals surface area contributed by atoms with Crippen molar-refractivity contribution in [2.24, 2.45) is 0 Å². The van der Waals surface area contributed by atoms with E-state index in [1.807, 2.05) is 59.9 Å². The molecule has 0 saturated heterocycles. The molecule has 3 N–H and O–H groups in total. The summed E-state index contributed by atoms with van der Waals surface area (Å²) in [4.78, 5) is 6.08. The highest BCUT2D eigenvalue weighted by molar-refractivity contribution is 7.12. The number of rotatable bonds is 3. The molecule has 3 aromatic rings. The van der Waals surface area contributed by atoms with Gasteiger partial charge >= 0.3 is 0 Å². The highest BCUT2D eigenvalue weighted by atomic mass is 32.1. The molecule has 0 bridgehead atoms. The van der Waals surface area contributed by atoms with Crippen LogP contribution in [-0.2, 0) is 0 Å². The summed E-state index contributed by atoms with van der Waals surface area (Å²) < 4.78 is 14.5. The Morgan fingerprint density at radius 1 is 1.40 bits per heavy atom. The van der Waals surface area contributed by atoms with Crippen molar-refractivity contribution in [1.29, 1.82) is 5.41 Å². The van der Waals surface area contributed by atoms with Crippen molar-refractivity contribution in [2.45, 2.75) is 6.17 Å². The number of nitrogens with zero attached hydrogens (tertiary/aromatic N) is 1. The first kappa shape index (κ1) is 16.1. The van der Waals surface area contributed by atoms with Crippen LogP contribution in [0.5, 0.6) is 0 Å². The smallest absolute Gasteiger partial charge is 0.140 e. The number of hydrogen-bond donors (Lipinski definition) is 3. The minimum atomic E-state index is -0.987. The summed E-state index contributed by atoms with van der Waals surface area (Å²) in [6.45, 7) is 1.17. The Kier molecular flexibility index (Phi) is 4.15. The monoisotopic (exact) mass is 354 g/mol. The van der Waals surface area contributed by atoms with Crippen LogP contribution in [0.15, 0.2) is 48.0 Å². The van der Waals surface area contributed by atoms with Gasteiger partial charge in [-0.1, -0.05) is 12.1 Å². The van der Waals surface area contributed by atoms with E-state index in [1.54, 1.807) is 0 Å². The molecule has 0 spiro atoms. The van der Waals surface area contributed by atoms with Gasteiger partial charge in [-0.15, -0.1) is 11.3 Å². The van der Waals surface area contributed by atoms with Crippen LogP contribution >= 0.6 is 11.3 Å². The molecule has 0 fully saturated rings. The molecule has 1 aliphatic heterocycles. The van der Waals surface area contributed by atoms with E-state index >= 15 is 0 Å². The summed E-state index contributed by atoms with van der Waals surface area (Å²) in [5.74, 6) is 0.369. The second kappa shape index (κ2) is 6.46. The molecular formula is C19H19FN4S. The second-order valence-electron chi connectivity index (χ2n) is 6.29. The van der Waals surface area contributed by atoms with Crippen molar-refractivity contribution in [3.8, 4) is 0 Å². The van der Waals surface area contributed by atoms with Crippen LogP contribution in [0.3, 0.4) is 0 Å². The Morgan fingerprint density at radius 2 is 2.28 bits per heavy atom. The Morgan fingerprint density at radius 3 is 3.04 bits per heavy atom. The quantitative estimate of drug-likeness (QED) is 0.484. The van der Waals surface area contributed by atoms with E-state index in [9.17, 15) is 4.39 Å². The second-order valence-corrected chi connectivity index (χ2v) is 7.24. The van der Waals surface area contributed by atoms with Crippen LogP contribution in [0.1, 0.15) is 10.4 Å². The number of hydrogen-bond acceptors (Lipinski definition) is 3. The van der Waals surface area contributed by atoms with Gasteiger partial charge in [0, 0.05) is 41.4 Å². The molecule has 4 nitrogen and oxygen atoms in total. The predicted molar refractivity (Wildman–Crippen MR) is 103 cm³/mol. The van der Waals surface area contributed by atoms with E-state index in [-0.39, 0.29) is 0 Å². The third-order valence-electron chi connectivity index (χ3n) is 4.46. The van der Waals surface area contributed by atoms with E-state index in [2.05, 4.69) is 10.3 Å². The van der Waals surface area contributed by atoms with Gasteiger partial charge in [0.05, 0.1) is 4.88 Å². The molecule has 0 amide bonds. The summed E-state index contributed by atoms with van der Waals surface area (Å²) in [6, 6.07) is 9.72. The number of thiophene rings is 1. The van der Waals surface area contributed by atoms with Gasteiger partial charge in [-0.05, 0) is 42.3 Å². The first-order valence-electron chi connectivity index (χ1n) is 8.15. The fraction of sp³-hybridized carbons (Fsp3) is 0.211. The first-order chi connectivity index (χ1) is 12.1. The lowest BCUT2D eigenvalue weighted by atomic mass is 9.97. The number of aromatic nitrogens is 1. The number of alkyl halides is 1. The number of halogens is 1. The largest absolute Gasteiger partial charge is 0.361 e. The number of anilines is 1. The fourth-order valence-corrected chi connectivity index (χ4v) is 3.80. The molecule has 0 saturated carbocycles. The van der Waals surface area contributed by atoms with E-state index in [4.69, 9.17) is 5.41 Å². The van der Waals surface area contributed by atoms with Crippen molar-refractivity contribution >= 4 is 39.3 Å². The lowest BCUT2D eigenvalue weighted by molar-refractivity contribution is 0.265. The molecule has 2 aromatic heterocycles. The summed E-state index contributed by atoms with van der Waals surface area (Å²) in [5.41, 5.74) is 3.45. The molecular weight excluding hydrogens is 335 g/mol. The molecule has 1 aromatic carbocycles. The molecule has 25 heavy (non-hydrogen) atoms. The summed E-state index contributed by atoms with van der Waals surface area (Å²) >= 11 is 1.53. The maximum absolute atomic E-state index is 14.5. The van der Waals surface area contributed by atoms with Crippen molar-refractivity contribution < 1.29 is 4.39 Å². The number of H-pyrrole nitrogens is 1. The van der Waals surface area contributed by atoms with Crippen molar-refractivity contribution in [1.82, 2.24) is 9.88 Å². The maximum atomic E-state index is 14.5. The SMILES string of the molecule is CN1CC=C(c2c[nH]c3ccc(NC(=N)c4cccs4)cc23)[C@H](F)C1. The number of benzene rings is 1. The molecule has 3 heterocycles. The summed E-state index contributed by atoms with van der Waals surface area (Å²) in [5, 5.41) is 14.2. The highest BCUT2D eigenvalue weighted by Gasteiger charge is 2.23. The Labute approximate surface area is 149 Å². The number of amidine groups is 1. The molecule has 0 radical (unpaired) electrons. The van der Waals surface area contributed by atoms with Gasteiger partial charge in [0.15, 0.2) is 0 Å². The van der Waals surface area contributed by atoms with Crippen LogP contribution in [-0.4, -0.2) is 42.0 Å². The predicted octanol–water partition coefficient (Wildman–Crippen LogP) is 4.33. The lowest BCUT2D eigenvalue weighted by Crippen LogP contribution is -2.32. The van der Waals surface area contributed by atoms with Crippen molar-refractivity contribution in [2.75, 3.05) is 25.5 Å². The minimum Gasteiger partial charge on any atom is -0.361 e. The van der Waals surface area contributed by atoms with Crippen LogP contribution in [0.4, 0.5) is 10.1 Å². The normalized spacial score (nSPS) is 18.3. The van der Waals surface area contributed by atoms with Gasteiger partial charge in [-0.25, -0.2) is 4.39 Å². The average molecular weight is 354 g/mol. The Bertz CT molecular complexity index is 942. The van der Waals surface area contributed by atoms with E-state index in [0.29, 0.717) is 12.4 Å². The van der Waals surface area contributed by atoms with Crippen LogP contribution in [0, 0.1) is 5.41 Å². The zero-order valence-corrected chi connectivity index (χ0v) is 14.7. The number of aromatic amines is 1. The molecule has 0 unspecified atom stereocenters. The van der Waals surface area contributed by atoms with Gasteiger partial charge in [0.25, 0.3) is 0 Å². The zero-order chi connectivity index (χ0) is 17.4. The van der Waals surface area contributed by atoms with Crippen molar-refractivity contribution in [3.63, 3.8) is 0 Å². The van der Waals surface area contributed by atoms with Gasteiger partial charge in [-0.3, -0.25) is 10.3 Å². The lowest BCUT2D eigenvalue weighted by Gasteiger charge is -2.25. The molecule has 4 rings (SSSR count). The third-order valence-corrected chi connectivity index (χ3v) is 5.35. The van der Waals surface area contributed by atoms with Gasteiger partial charge in [0.2, 0.25) is 0 Å². The van der Waals surface area contributed by atoms with Gasteiger partial charge in [-0.2, -0.15) is 0 Å². The highest BCUT2D eigenvalue weighted by Crippen LogP contribution is 2.32. The fourth-order valence-electron chi connectivity index (χ4n) is 3.17. The van der Waals surface area contributed by atoms with E-state index in [1.165, 1.54) is 11.3 Å². The standard InChI is InChI=1S/C19H19FN4S/c1-24-7-6-13(16(20)11-24)15-10-22-17-5-4-12(9-14(15)17)23-19(21)18-3-2-8-25-18/h2-6,8-10,16,22H,7,11H2,1H3,(H2,21,23)/t16-/m1/s1. The summed E-state index contributed by atoms with van der Waals surface area (Å²) in [6.07, 6.45) is 2.85. The number of nitrogens with one attached hydrogen (secondary N) is 3. The number of likely N-dealkylation sites (N-methyl/N-ethyl adjacent to an activating group) is 1. The van der Waals surface area contributed by atoms with E-state index in [0.717, 1.165) is 39.1 Å². The molecule has 6 heteroatoms. The third kappa shape index (κ3) is 3.10. The Hall–Kier alpha value is -2.44. The molecule has 1 atom stereocenters.